The van der Waals surface area contributed by atoms with Crippen LogP contribution >= 0.6 is 23.5 Å². The van der Waals surface area contributed by atoms with Gasteiger partial charge in [-0.05, 0) is 42.7 Å². The van der Waals surface area contributed by atoms with Gasteiger partial charge in [0.15, 0.2) is 11.4 Å². The van der Waals surface area contributed by atoms with Gasteiger partial charge in [0.2, 0.25) is 5.91 Å². The Kier molecular flexibility index (Phi) is 7.44. The van der Waals surface area contributed by atoms with Gasteiger partial charge >= 0.3 is 0 Å². The van der Waals surface area contributed by atoms with Crippen LogP contribution in [-0.2, 0) is 4.79 Å². The monoisotopic (exact) mass is 392 g/mol. The number of rotatable bonds is 5. The molecule has 0 fully saturated rings. The standard InChI is InChI=1S/C17H14F2N4OS2/c1-25-17(21-10-20)22-12-3-5-13(6-4-12)26-9-16(24)23-15-8-11(18)2-7-14(15)19/h2-8H,9H2,1H3,(H,21,22)(H,23,24). The summed E-state index contributed by atoms with van der Waals surface area (Å²) in [4.78, 5) is 17.0. The third-order valence-electron chi connectivity index (χ3n) is 3.00. The van der Waals surface area contributed by atoms with Gasteiger partial charge in [-0.15, -0.1) is 11.8 Å². The molecule has 0 saturated heterocycles. The molecular formula is C17H14F2N4OS2. The number of benzene rings is 2. The fourth-order valence-electron chi connectivity index (χ4n) is 1.84. The van der Waals surface area contributed by atoms with Crippen molar-refractivity contribution in [3.05, 3.63) is 54.1 Å². The maximum absolute atomic E-state index is 13.5. The van der Waals surface area contributed by atoms with E-state index in [1.165, 1.54) is 23.5 Å². The molecule has 0 saturated carbocycles. The van der Waals surface area contributed by atoms with Gasteiger partial charge in [0.1, 0.15) is 11.6 Å². The number of hydrogen-bond donors (Lipinski definition) is 2. The molecule has 2 aromatic rings. The Labute approximate surface area is 157 Å². The number of nitrogens with zero attached hydrogens (tertiary/aromatic N) is 2. The maximum Gasteiger partial charge on any atom is 0.234 e. The first-order valence-electron chi connectivity index (χ1n) is 7.27. The Morgan fingerprint density at radius 3 is 2.62 bits per heavy atom. The van der Waals surface area contributed by atoms with Gasteiger partial charge < -0.3 is 5.32 Å². The molecule has 9 heteroatoms. The van der Waals surface area contributed by atoms with Crippen LogP contribution in [0.4, 0.5) is 20.2 Å². The quantitative estimate of drug-likeness (QED) is 0.263. The van der Waals surface area contributed by atoms with E-state index in [4.69, 9.17) is 5.26 Å². The zero-order valence-electron chi connectivity index (χ0n) is 13.6. The molecule has 0 radical (unpaired) electrons. The Bertz CT molecular complexity index is 851. The fourth-order valence-corrected chi connectivity index (χ4v) is 2.88. The van der Waals surface area contributed by atoms with Crippen molar-refractivity contribution in [2.75, 3.05) is 17.3 Å². The van der Waals surface area contributed by atoms with Crippen LogP contribution in [0.5, 0.6) is 0 Å². The summed E-state index contributed by atoms with van der Waals surface area (Å²) in [6.07, 6.45) is 3.61. The normalized spacial score (nSPS) is 10.9. The number of aliphatic imine (C=N–C) groups is 1. The molecule has 2 aromatic carbocycles. The summed E-state index contributed by atoms with van der Waals surface area (Å²) in [5, 5.41) is 13.9. The van der Waals surface area contributed by atoms with E-state index in [2.05, 4.69) is 15.6 Å². The lowest BCUT2D eigenvalue weighted by atomic mass is 10.3. The molecule has 2 N–H and O–H groups in total. The van der Waals surface area contributed by atoms with Gasteiger partial charge in [-0.25, -0.2) is 13.8 Å². The van der Waals surface area contributed by atoms with Gasteiger partial charge in [-0.2, -0.15) is 5.26 Å². The molecule has 0 aromatic heterocycles. The first kappa shape index (κ1) is 19.8. The third kappa shape index (κ3) is 6.06. The lowest BCUT2D eigenvalue weighted by Crippen LogP contribution is -2.15. The third-order valence-corrected chi connectivity index (χ3v) is 4.59. The van der Waals surface area contributed by atoms with Gasteiger partial charge in [0.05, 0.1) is 17.1 Å². The van der Waals surface area contributed by atoms with Crippen molar-refractivity contribution in [2.24, 2.45) is 4.99 Å². The number of nitrogens with one attached hydrogen (secondary N) is 2. The Balaban J connectivity index is 1.92. The second kappa shape index (κ2) is 9.79. The molecule has 0 atom stereocenters. The predicted octanol–water partition coefficient (Wildman–Crippen LogP) is 4.12. The highest BCUT2D eigenvalue weighted by Gasteiger charge is 2.09. The summed E-state index contributed by atoms with van der Waals surface area (Å²) in [5.41, 5.74) is 0.475. The molecular weight excluding hydrogens is 378 g/mol. The fraction of sp³-hybridized carbons (Fsp3) is 0.118. The molecule has 134 valence electrons. The van der Waals surface area contributed by atoms with Crippen LogP contribution in [-0.4, -0.2) is 23.1 Å². The minimum Gasteiger partial charge on any atom is -0.323 e. The highest BCUT2D eigenvalue weighted by atomic mass is 32.2. The molecule has 0 aliphatic rings. The number of amidine groups is 1. The molecule has 0 aliphatic heterocycles. The number of thioether (sulfide) groups is 2. The summed E-state index contributed by atoms with van der Waals surface area (Å²) < 4.78 is 26.6. The Morgan fingerprint density at radius 2 is 1.96 bits per heavy atom. The largest absolute Gasteiger partial charge is 0.323 e. The van der Waals surface area contributed by atoms with Crippen molar-refractivity contribution >= 4 is 46.0 Å². The number of amides is 1. The number of halogens is 2. The van der Waals surface area contributed by atoms with Crippen LogP contribution in [0, 0.1) is 23.1 Å². The van der Waals surface area contributed by atoms with Crippen molar-refractivity contribution in [1.82, 2.24) is 5.32 Å². The van der Waals surface area contributed by atoms with E-state index in [-0.39, 0.29) is 11.4 Å². The molecule has 0 aliphatic carbocycles. The van der Waals surface area contributed by atoms with Crippen molar-refractivity contribution in [3.63, 3.8) is 0 Å². The van der Waals surface area contributed by atoms with Gasteiger partial charge in [0.25, 0.3) is 0 Å². The number of hydrogen-bond acceptors (Lipinski definition) is 5. The highest BCUT2D eigenvalue weighted by molar-refractivity contribution is 8.13. The molecule has 26 heavy (non-hydrogen) atoms. The first-order valence-corrected chi connectivity index (χ1v) is 9.48. The average Bonchev–Trinajstić information content (AvgIpc) is 2.63. The second-order valence-corrected chi connectivity index (χ2v) is 6.66. The van der Waals surface area contributed by atoms with Crippen LogP contribution in [0.3, 0.4) is 0 Å². The number of carbonyl (C=O) groups is 1. The summed E-state index contributed by atoms with van der Waals surface area (Å²) >= 11 is 2.56. The summed E-state index contributed by atoms with van der Waals surface area (Å²) in [7, 11) is 0. The summed E-state index contributed by atoms with van der Waals surface area (Å²) in [6.45, 7) is 0. The van der Waals surface area contributed by atoms with E-state index in [1.807, 2.05) is 6.19 Å². The molecule has 1 amide bonds. The molecule has 0 unspecified atom stereocenters. The zero-order valence-corrected chi connectivity index (χ0v) is 15.3. The lowest BCUT2D eigenvalue weighted by Gasteiger charge is -2.07. The molecule has 2 rings (SSSR count). The Morgan fingerprint density at radius 1 is 1.23 bits per heavy atom. The topological polar surface area (TPSA) is 77.3 Å². The second-order valence-electron chi connectivity index (χ2n) is 4.81. The number of anilines is 1. The predicted molar refractivity (Wildman–Crippen MR) is 102 cm³/mol. The van der Waals surface area contributed by atoms with E-state index in [0.29, 0.717) is 10.9 Å². The SMILES string of the molecule is CSC(=Nc1ccc(SCC(=O)Nc2cc(F)ccc2F)cc1)NC#N. The zero-order chi connectivity index (χ0) is 18.9. The minimum absolute atomic E-state index is 0.0462. The number of carbonyl (C=O) groups excluding carboxylic acids is 1. The summed E-state index contributed by atoms with van der Waals surface area (Å²) in [5.74, 6) is -1.71. The van der Waals surface area contributed by atoms with Crippen molar-refractivity contribution in [3.8, 4) is 6.19 Å². The van der Waals surface area contributed by atoms with Crippen LogP contribution in [0.2, 0.25) is 0 Å². The maximum atomic E-state index is 13.5. The average molecular weight is 392 g/mol. The minimum atomic E-state index is -0.692. The summed E-state index contributed by atoms with van der Waals surface area (Å²) in [6, 6.07) is 9.94. The van der Waals surface area contributed by atoms with Crippen LogP contribution in [0.1, 0.15) is 0 Å². The van der Waals surface area contributed by atoms with Gasteiger partial charge in [-0.3, -0.25) is 10.1 Å². The first-order chi connectivity index (χ1) is 12.5. The van der Waals surface area contributed by atoms with Crippen molar-refractivity contribution in [2.45, 2.75) is 4.90 Å². The van der Waals surface area contributed by atoms with Gasteiger partial charge in [-0.1, -0.05) is 11.8 Å². The molecule has 5 nitrogen and oxygen atoms in total. The molecule has 0 heterocycles. The Hall–Kier alpha value is -2.57. The van der Waals surface area contributed by atoms with Crippen molar-refractivity contribution < 1.29 is 13.6 Å². The van der Waals surface area contributed by atoms with E-state index in [9.17, 15) is 13.6 Å². The highest BCUT2D eigenvalue weighted by Crippen LogP contribution is 2.23. The van der Waals surface area contributed by atoms with E-state index >= 15 is 0 Å². The van der Waals surface area contributed by atoms with Crippen LogP contribution in [0.25, 0.3) is 0 Å². The van der Waals surface area contributed by atoms with Gasteiger partial charge in [0, 0.05) is 11.0 Å². The van der Waals surface area contributed by atoms with Crippen LogP contribution in [0.15, 0.2) is 52.4 Å². The van der Waals surface area contributed by atoms with E-state index in [1.54, 1.807) is 30.5 Å². The lowest BCUT2D eigenvalue weighted by molar-refractivity contribution is -0.113. The van der Waals surface area contributed by atoms with E-state index < -0.39 is 17.5 Å². The molecule has 0 spiro atoms. The van der Waals surface area contributed by atoms with E-state index in [0.717, 1.165) is 23.1 Å². The van der Waals surface area contributed by atoms with Crippen molar-refractivity contribution in [1.29, 1.82) is 5.26 Å². The smallest absolute Gasteiger partial charge is 0.234 e. The van der Waals surface area contributed by atoms with Crippen LogP contribution < -0.4 is 10.6 Å². The molecule has 0 bridgehead atoms. The number of nitriles is 1.